The highest BCUT2D eigenvalue weighted by Crippen LogP contribution is 2.33. The zero-order valence-corrected chi connectivity index (χ0v) is 15.6. The Bertz CT molecular complexity index is 917. The Hall–Kier alpha value is -1.41. The molecule has 2 aromatic rings. The molecule has 0 saturated heterocycles. The Labute approximate surface area is 153 Å². The van der Waals surface area contributed by atoms with Crippen molar-refractivity contribution < 1.29 is 13.2 Å². The highest BCUT2D eigenvalue weighted by Gasteiger charge is 2.39. The van der Waals surface area contributed by atoms with Crippen LogP contribution in [0.2, 0.25) is 5.02 Å². The maximum Gasteiger partial charge on any atom is 0.245 e. The molecule has 1 aliphatic rings. The van der Waals surface area contributed by atoms with Crippen molar-refractivity contribution in [2.24, 2.45) is 5.73 Å². The smallest absolute Gasteiger partial charge is 0.245 e. The van der Waals surface area contributed by atoms with E-state index < -0.39 is 22.0 Å². The first kappa shape index (κ1) is 17.4. The molecule has 0 radical (unpaired) electrons. The van der Waals surface area contributed by atoms with Crippen LogP contribution in [0.15, 0.2) is 51.8 Å². The summed E-state index contributed by atoms with van der Waals surface area (Å²) in [5.41, 5.74) is 7.25. The number of nitrogens with two attached hydrogens (primary N) is 1. The van der Waals surface area contributed by atoms with Gasteiger partial charge >= 0.3 is 0 Å². The Kier molecular flexibility index (Phi) is 4.70. The van der Waals surface area contributed by atoms with E-state index in [1.165, 1.54) is 12.1 Å². The molecule has 0 spiro atoms. The van der Waals surface area contributed by atoms with Gasteiger partial charge < -0.3 is 5.73 Å². The monoisotopic (exact) mass is 428 g/mol. The Balaban J connectivity index is 2.10. The van der Waals surface area contributed by atoms with Crippen LogP contribution in [0.3, 0.4) is 0 Å². The topological polar surface area (TPSA) is 80.5 Å². The molecular formula is C16H14BrClN2O3S. The van der Waals surface area contributed by atoms with Gasteiger partial charge in [-0.2, -0.15) is 4.31 Å². The third kappa shape index (κ3) is 3.09. The quantitative estimate of drug-likeness (QED) is 0.814. The molecule has 5 nitrogen and oxygen atoms in total. The van der Waals surface area contributed by atoms with Gasteiger partial charge in [0.25, 0.3) is 0 Å². The number of hydrogen-bond acceptors (Lipinski definition) is 3. The lowest BCUT2D eigenvalue weighted by Crippen LogP contribution is -2.51. The number of fused-ring (bicyclic) bond motifs is 1. The fourth-order valence-electron chi connectivity index (χ4n) is 2.80. The van der Waals surface area contributed by atoms with Gasteiger partial charge in [0.2, 0.25) is 15.9 Å². The fourth-order valence-corrected chi connectivity index (χ4v) is 5.39. The van der Waals surface area contributed by atoms with Crippen LogP contribution < -0.4 is 5.73 Å². The van der Waals surface area contributed by atoms with Crippen molar-refractivity contribution in [1.82, 2.24) is 4.31 Å². The molecule has 126 valence electrons. The van der Waals surface area contributed by atoms with Crippen LogP contribution in [0.4, 0.5) is 0 Å². The van der Waals surface area contributed by atoms with Crippen LogP contribution in [0.1, 0.15) is 11.1 Å². The summed E-state index contributed by atoms with van der Waals surface area (Å²) in [5, 5.41) is 0.0893. The molecule has 0 aromatic heterocycles. The van der Waals surface area contributed by atoms with Crippen LogP contribution in [-0.4, -0.2) is 24.7 Å². The number of carbonyl (C=O) groups is 1. The zero-order chi connectivity index (χ0) is 17.5. The second-order valence-electron chi connectivity index (χ2n) is 5.52. The minimum Gasteiger partial charge on any atom is -0.368 e. The van der Waals surface area contributed by atoms with Crippen molar-refractivity contribution in [2.75, 3.05) is 0 Å². The maximum atomic E-state index is 13.1. The summed E-state index contributed by atoms with van der Waals surface area (Å²) in [6.07, 6.45) is 0.249. The van der Waals surface area contributed by atoms with Gasteiger partial charge in [0.1, 0.15) is 10.9 Å². The number of sulfonamides is 1. The Morgan fingerprint density at radius 3 is 2.50 bits per heavy atom. The molecule has 3 rings (SSSR count). The number of halogens is 2. The predicted molar refractivity (Wildman–Crippen MR) is 95.0 cm³/mol. The van der Waals surface area contributed by atoms with Crippen molar-refractivity contribution in [3.63, 3.8) is 0 Å². The van der Waals surface area contributed by atoms with Gasteiger partial charge in [-0.1, -0.05) is 51.8 Å². The molecule has 1 heterocycles. The first-order chi connectivity index (χ1) is 11.3. The fraction of sp³-hybridized carbons (Fsp3) is 0.188. The summed E-state index contributed by atoms with van der Waals surface area (Å²) >= 11 is 9.36. The molecule has 1 aliphatic heterocycles. The maximum absolute atomic E-state index is 13.1. The highest BCUT2D eigenvalue weighted by atomic mass is 79.9. The Morgan fingerprint density at radius 1 is 1.21 bits per heavy atom. The van der Waals surface area contributed by atoms with Crippen molar-refractivity contribution in [1.29, 1.82) is 0 Å². The molecular weight excluding hydrogens is 416 g/mol. The van der Waals surface area contributed by atoms with Crippen LogP contribution in [-0.2, 0) is 27.8 Å². The van der Waals surface area contributed by atoms with E-state index in [-0.39, 0.29) is 22.9 Å². The molecule has 8 heteroatoms. The van der Waals surface area contributed by atoms with Crippen molar-refractivity contribution >= 4 is 43.5 Å². The molecule has 2 N–H and O–H groups in total. The SMILES string of the molecule is NC(=O)C1Cc2ccccc2CN1S(=O)(=O)c1ccc(Br)cc1Cl. The third-order valence-corrected chi connectivity index (χ3v) is 6.85. The van der Waals surface area contributed by atoms with Gasteiger partial charge in [-0.05, 0) is 35.7 Å². The van der Waals surface area contributed by atoms with Crippen molar-refractivity contribution in [3.05, 3.63) is 63.1 Å². The number of primary amides is 1. The summed E-state index contributed by atoms with van der Waals surface area (Å²) in [6, 6.07) is 11.0. The zero-order valence-electron chi connectivity index (χ0n) is 12.4. The summed E-state index contributed by atoms with van der Waals surface area (Å²) in [5.74, 6) is -0.679. The molecule has 0 aliphatic carbocycles. The molecule has 1 atom stereocenters. The van der Waals surface area contributed by atoms with Crippen LogP contribution >= 0.6 is 27.5 Å². The van der Waals surface area contributed by atoms with E-state index in [0.717, 1.165) is 15.4 Å². The van der Waals surface area contributed by atoms with E-state index in [4.69, 9.17) is 17.3 Å². The van der Waals surface area contributed by atoms with E-state index in [9.17, 15) is 13.2 Å². The van der Waals surface area contributed by atoms with E-state index >= 15 is 0 Å². The van der Waals surface area contributed by atoms with Gasteiger partial charge in [-0.3, -0.25) is 4.79 Å². The van der Waals surface area contributed by atoms with Crippen molar-refractivity contribution in [3.8, 4) is 0 Å². The van der Waals surface area contributed by atoms with Crippen LogP contribution in [0, 0.1) is 0 Å². The van der Waals surface area contributed by atoms with E-state index in [0.29, 0.717) is 4.47 Å². The summed E-state index contributed by atoms with van der Waals surface area (Å²) in [7, 11) is -3.97. The number of nitrogens with zero attached hydrogens (tertiary/aromatic N) is 1. The first-order valence-electron chi connectivity index (χ1n) is 7.13. The average Bonchev–Trinajstić information content (AvgIpc) is 2.53. The van der Waals surface area contributed by atoms with E-state index in [1.807, 2.05) is 24.3 Å². The second kappa shape index (κ2) is 6.48. The second-order valence-corrected chi connectivity index (χ2v) is 8.70. The summed E-state index contributed by atoms with van der Waals surface area (Å²) in [4.78, 5) is 11.8. The van der Waals surface area contributed by atoms with Gasteiger partial charge in [0.05, 0.1) is 5.02 Å². The largest absolute Gasteiger partial charge is 0.368 e. The lowest BCUT2D eigenvalue weighted by Gasteiger charge is -2.34. The molecule has 2 aromatic carbocycles. The van der Waals surface area contributed by atoms with Crippen LogP contribution in [0.5, 0.6) is 0 Å². The predicted octanol–water partition coefficient (Wildman–Crippen LogP) is 2.70. The Morgan fingerprint density at radius 2 is 1.88 bits per heavy atom. The average molecular weight is 430 g/mol. The van der Waals surface area contributed by atoms with Gasteiger partial charge in [0.15, 0.2) is 0 Å². The number of benzene rings is 2. The van der Waals surface area contributed by atoms with Gasteiger partial charge in [-0.25, -0.2) is 8.42 Å². The van der Waals surface area contributed by atoms with Gasteiger partial charge in [-0.15, -0.1) is 0 Å². The summed E-state index contributed by atoms with van der Waals surface area (Å²) < 4.78 is 27.9. The lowest BCUT2D eigenvalue weighted by atomic mass is 9.96. The standard InChI is InChI=1S/C16H14BrClN2O3S/c17-12-5-6-15(13(18)8-12)24(22,23)20-9-11-4-2-1-3-10(11)7-14(20)16(19)21/h1-6,8,14H,7,9H2,(H2,19,21). The molecule has 0 saturated carbocycles. The normalized spacial score (nSPS) is 18.2. The number of hydrogen-bond donors (Lipinski definition) is 1. The minimum atomic E-state index is -3.97. The van der Waals surface area contributed by atoms with E-state index in [2.05, 4.69) is 15.9 Å². The number of rotatable bonds is 3. The summed E-state index contributed by atoms with van der Waals surface area (Å²) in [6.45, 7) is 0.0819. The minimum absolute atomic E-state index is 0.0435. The molecule has 1 amide bonds. The molecule has 1 unspecified atom stereocenters. The van der Waals surface area contributed by atoms with Crippen molar-refractivity contribution in [2.45, 2.75) is 23.9 Å². The molecule has 0 bridgehead atoms. The lowest BCUT2D eigenvalue weighted by molar-refractivity contribution is -0.122. The third-order valence-electron chi connectivity index (χ3n) is 4.01. The van der Waals surface area contributed by atoms with E-state index in [1.54, 1.807) is 6.07 Å². The molecule has 0 fully saturated rings. The number of amides is 1. The number of carbonyl (C=O) groups excluding carboxylic acids is 1. The molecule has 24 heavy (non-hydrogen) atoms. The van der Waals surface area contributed by atoms with Gasteiger partial charge in [0, 0.05) is 11.0 Å². The first-order valence-corrected chi connectivity index (χ1v) is 9.75. The highest BCUT2D eigenvalue weighted by molar-refractivity contribution is 9.10. The van der Waals surface area contributed by atoms with Crippen LogP contribution in [0.25, 0.3) is 0 Å².